The first-order chi connectivity index (χ1) is 8.11. The number of methoxy groups -OCH3 is 1. The fraction of sp³-hybridized carbons (Fsp3) is 0.636. The highest BCUT2D eigenvalue weighted by molar-refractivity contribution is 7.80. The molecule has 0 saturated carbocycles. The molecule has 2 N–H and O–H groups in total. The van der Waals surface area contributed by atoms with Crippen LogP contribution in [0, 0.1) is 5.92 Å². The van der Waals surface area contributed by atoms with Crippen molar-refractivity contribution in [3.05, 3.63) is 12.4 Å². The van der Waals surface area contributed by atoms with Crippen LogP contribution < -0.4 is 10.6 Å². The molecule has 1 aromatic rings. The molecule has 17 heavy (non-hydrogen) atoms. The normalized spacial score (nSPS) is 10.6. The summed E-state index contributed by atoms with van der Waals surface area (Å²) in [6.07, 6.45) is 3.65. The van der Waals surface area contributed by atoms with E-state index in [9.17, 15) is 0 Å². The summed E-state index contributed by atoms with van der Waals surface area (Å²) in [4.78, 5) is 0. The Morgan fingerprint density at radius 1 is 1.59 bits per heavy atom. The molecule has 96 valence electrons. The highest BCUT2D eigenvalue weighted by Gasteiger charge is 2.01. The van der Waals surface area contributed by atoms with Crippen molar-refractivity contribution < 1.29 is 4.74 Å². The third kappa shape index (κ3) is 5.65. The van der Waals surface area contributed by atoms with Gasteiger partial charge in [-0.05, 0) is 18.1 Å². The lowest BCUT2D eigenvalue weighted by Crippen LogP contribution is -2.31. The van der Waals surface area contributed by atoms with Gasteiger partial charge >= 0.3 is 0 Å². The van der Waals surface area contributed by atoms with Crippen LogP contribution >= 0.6 is 12.2 Å². The number of rotatable bonds is 6. The molecule has 0 aliphatic rings. The lowest BCUT2D eigenvalue weighted by Gasteiger charge is -2.10. The minimum atomic E-state index is 0.569. The number of hydrogen-bond donors (Lipinski definition) is 2. The molecule has 5 nitrogen and oxygen atoms in total. The summed E-state index contributed by atoms with van der Waals surface area (Å²) in [6, 6.07) is 0. The topological polar surface area (TPSA) is 51.1 Å². The van der Waals surface area contributed by atoms with Gasteiger partial charge in [-0.2, -0.15) is 5.10 Å². The molecule has 0 aliphatic carbocycles. The number of anilines is 1. The van der Waals surface area contributed by atoms with Crippen LogP contribution in [-0.4, -0.2) is 35.2 Å². The maximum atomic E-state index is 5.17. The Morgan fingerprint density at radius 3 is 3.00 bits per heavy atom. The van der Waals surface area contributed by atoms with E-state index in [-0.39, 0.29) is 0 Å². The Balaban J connectivity index is 2.35. The van der Waals surface area contributed by atoms with E-state index in [2.05, 4.69) is 29.6 Å². The highest BCUT2D eigenvalue weighted by Crippen LogP contribution is 2.04. The smallest absolute Gasteiger partial charge is 0.170 e. The highest BCUT2D eigenvalue weighted by atomic mass is 32.1. The number of thiocarbonyl (C=S) groups is 1. The summed E-state index contributed by atoms with van der Waals surface area (Å²) < 4.78 is 6.80. The molecule has 0 unspecified atom stereocenters. The van der Waals surface area contributed by atoms with Gasteiger partial charge in [0.25, 0.3) is 0 Å². The van der Waals surface area contributed by atoms with Gasteiger partial charge in [0.15, 0.2) is 5.11 Å². The van der Waals surface area contributed by atoms with E-state index in [0.717, 1.165) is 18.8 Å². The number of nitrogens with zero attached hydrogens (tertiary/aromatic N) is 2. The average Bonchev–Trinajstić information content (AvgIpc) is 2.71. The van der Waals surface area contributed by atoms with Gasteiger partial charge in [0.1, 0.15) is 0 Å². The van der Waals surface area contributed by atoms with Gasteiger partial charge in [-0.25, -0.2) is 0 Å². The largest absolute Gasteiger partial charge is 0.383 e. The standard InChI is InChI=1S/C11H20N4OS/c1-9(2)6-12-11(17)14-10-7-13-15(8-10)4-5-16-3/h7-9H,4-6H2,1-3H3,(H2,12,14,17). The van der Waals surface area contributed by atoms with Crippen LogP contribution in [0.25, 0.3) is 0 Å². The molecule has 1 heterocycles. The van der Waals surface area contributed by atoms with Crippen LogP contribution in [0.5, 0.6) is 0 Å². The Bertz CT molecular complexity index is 351. The van der Waals surface area contributed by atoms with Gasteiger partial charge in [0.2, 0.25) is 0 Å². The summed E-state index contributed by atoms with van der Waals surface area (Å²) in [7, 11) is 1.67. The molecular weight excluding hydrogens is 236 g/mol. The van der Waals surface area contributed by atoms with Gasteiger partial charge in [-0.1, -0.05) is 13.8 Å². The second kappa shape index (κ2) is 7.24. The van der Waals surface area contributed by atoms with Crippen LogP contribution in [0.3, 0.4) is 0 Å². The molecule has 0 amide bonds. The second-order valence-corrected chi connectivity index (χ2v) is 4.62. The minimum Gasteiger partial charge on any atom is -0.383 e. The first-order valence-corrected chi connectivity index (χ1v) is 6.09. The Morgan fingerprint density at radius 2 is 2.35 bits per heavy atom. The molecule has 0 aromatic carbocycles. The van der Waals surface area contributed by atoms with Gasteiger partial charge in [-0.15, -0.1) is 0 Å². The first-order valence-electron chi connectivity index (χ1n) is 5.68. The maximum Gasteiger partial charge on any atom is 0.170 e. The quantitative estimate of drug-likeness (QED) is 0.755. The minimum absolute atomic E-state index is 0.569. The van der Waals surface area contributed by atoms with Crippen LogP contribution in [0.2, 0.25) is 0 Å². The van der Waals surface area contributed by atoms with Gasteiger partial charge in [-0.3, -0.25) is 4.68 Å². The zero-order valence-corrected chi connectivity index (χ0v) is 11.4. The fourth-order valence-corrected chi connectivity index (χ4v) is 1.41. The van der Waals surface area contributed by atoms with E-state index >= 15 is 0 Å². The van der Waals surface area contributed by atoms with Crippen molar-refractivity contribution in [3.63, 3.8) is 0 Å². The van der Waals surface area contributed by atoms with Gasteiger partial charge < -0.3 is 15.4 Å². The predicted molar refractivity (Wildman–Crippen MR) is 73.2 cm³/mol. The van der Waals surface area contributed by atoms with E-state index < -0.39 is 0 Å². The Kier molecular flexibility index (Phi) is 5.93. The SMILES string of the molecule is COCCn1cc(NC(=S)NCC(C)C)cn1. The Hall–Kier alpha value is -1.14. The number of hydrogen-bond acceptors (Lipinski definition) is 3. The van der Waals surface area contributed by atoms with Crippen molar-refractivity contribution in [2.45, 2.75) is 20.4 Å². The first kappa shape index (κ1) is 13.9. The molecule has 1 rings (SSSR count). The van der Waals surface area contributed by atoms with Crippen molar-refractivity contribution in [2.24, 2.45) is 5.92 Å². The summed E-state index contributed by atoms with van der Waals surface area (Å²) in [6.45, 7) is 6.53. The van der Waals surface area contributed by atoms with Crippen LogP contribution in [0.4, 0.5) is 5.69 Å². The number of ether oxygens (including phenoxy) is 1. The molecule has 0 bridgehead atoms. The second-order valence-electron chi connectivity index (χ2n) is 4.21. The summed E-state index contributed by atoms with van der Waals surface area (Å²) >= 11 is 5.17. The van der Waals surface area contributed by atoms with Gasteiger partial charge in [0.05, 0.1) is 25.0 Å². The summed E-state index contributed by atoms with van der Waals surface area (Å²) in [5, 5.41) is 11.1. The van der Waals surface area contributed by atoms with E-state index in [1.807, 2.05) is 10.9 Å². The van der Waals surface area contributed by atoms with E-state index in [4.69, 9.17) is 17.0 Å². The van der Waals surface area contributed by atoms with Crippen molar-refractivity contribution in [2.75, 3.05) is 25.6 Å². The maximum absolute atomic E-state index is 5.17. The van der Waals surface area contributed by atoms with E-state index in [1.165, 1.54) is 0 Å². The van der Waals surface area contributed by atoms with Gasteiger partial charge in [0, 0.05) is 19.9 Å². The van der Waals surface area contributed by atoms with E-state index in [1.54, 1.807) is 13.3 Å². The van der Waals surface area contributed by atoms with Crippen LogP contribution in [0.15, 0.2) is 12.4 Å². The third-order valence-corrected chi connectivity index (χ3v) is 2.33. The monoisotopic (exact) mass is 256 g/mol. The third-order valence-electron chi connectivity index (χ3n) is 2.09. The van der Waals surface area contributed by atoms with Crippen molar-refractivity contribution in [1.29, 1.82) is 0 Å². The summed E-state index contributed by atoms with van der Waals surface area (Å²) in [5.41, 5.74) is 0.891. The number of aromatic nitrogens is 2. The molecule has 6 heteroatoms. The lowest BCUT2D eigenvalue weighted by atomic mass is 10.2. The van der Waals surface area contributed by atoms with E-state index in [0.29, 0.717) is 17.6 Å². The number of nitrogens with one attached hydrogen (secondary N) is 2. The lowest BCUT2D eigenvalue weighted by molar-refractivity contribution is 0.183. The van der Waals surface area contributed by atoms with Crippen molar-refractivity contribution >= 4 is 23.0 Å². The molecule has 0 radical (unpaired) electrons. The molecule has 0 atom stereocenters. The van der Waals surface area contributed by atoms with Crippen LogP contribution in [-0.2, 0) is 11.3 Å². The molecule has 0 aliphatic heterocycles. The molecule has 1 aromatic heterocycles. The van der Waals surface area contributed by atoms with Crippen molar-refractivity contribution in [3.8, 4) is 0 Å². The molecular formula is C11H20N4OS. The average molecular weight is 256 g/mol. The predicted octanol–water partition coefficient (Wildman–Crippen LogP) is 1.47. The molecule has 0 spiro atoms. The zero-order valence-electron chi connectivity index (χ0n) is 10.6. The fourth-order valence-electron chi connectivity index (χ4n) is 1.21. The van der Waals surface area contributed by atoms with Crippen molar-refractivity contribution in [1.82, 2.24) is 15.1 Å². The molecule has 0 saturated heterocycles. The zero-order chi connectivity index (χ0) is 12.7. The van der Waals surface area contributed by atoms with Crippen LogP contribution in [0.1, 0.15) is 13.8 Å². The Labute approximate surface area is 108 Å². The summed E-state index contributed by atoms with van der Waals surface area (Å²) in [5.74, 6) is 0.569. The molecule has 0 fully saturated rings.